The second kappa shape index (κ2) is 9.18. The first-order valence-electron chi connectivity index (χ1n) is 11.4. The number of hydrogen-bond acceptors (Lipinski definition) is 5. The molecule has 4 rings (SSSR count). The van der Waals surface area contributed by atoms with Gasteiger partial charge in [-0.3, -0.25) is 14.4 Å². The van der Waals surface area contributed by atoms with Crippen LogP contribution in [0.15, 0.2) is 29.1 Å². The van der Waals surface area contributed by atoms with E-state index >= 15 is 0 Å². The molecule has 9 heteroatoms. The minimum atomic E-state index is -1.03. The van der Waals surface area contributed by atoms with Gasteiger partial charge in [-0.05, 0) is 38.3 Å². The summed E-state index contributed by atoms with van der Waals surface area (Å²) in [6, 6.07) is 3.80. The Morgan fingerprint density at radius 2 is 2.09 bits per heavy atom. The van der Waals surface area contributed by atoms with E-state index < -0.39 is 11.4 Å². The second-order valence-corrected chi connectivity index (χ2v) is 8.84. The van der Waals surface area contributed by atoms with E-state index in [2.05, 4.69) is 15.6 Å². The van der Waals surface area contributed by atoms with E-state index in [0.29, 0.717) is 25.9 Å². The van der Waals surface area contributed by atoms with Crippen molar-refractivity contribution in [1.29, 1.82) is 0 Å². The maximum absolute atomic E-state index is 13.5. The average molecular weight is 442 g/mol. The van der Waals surface area contributed by atoms with Crippen LogP contribution in [0.4, 0.5) is 0 Å². The molecule has 1 fully saturated rings. The molecular formula is C23H31N5O4. The maximum Gasteiger partial charge on any atom is 0.273 e. The molecule has 0 radical (unpaired) electrons. The molecular weight excluding hydrogens is 410 g/mol. The van der Waals surface area contributed by atoms with E-state index in [1.807, 2.05) is 13.0 Å². The summed E-state index contributed by atoms with van der Waals surface area (Å²) >= 11 is 0. The normalized spacial score (nSPS) is 20.9. The number of nitrogens with one attached hydrogen (secondary N) is 2. The van der Waals surface area contributed by atoms with Crippen LogP contribution in [-0.4, -0.2) is 56.8 Å². The van der Waals surface area contributed by atoms with Gasteiger partial charge in [0, 0.05) is 25.6 Å². The Bertz CT molecular complexity index is 977. The highest BCUT2D eigenvalue weighted by Gasteiger charge is 2.48. The number of fused-ring (bicyclic) bond motifs is 1. The number of aromatic nitrogens is 2. The highest BCUT2D eigenvalue weighted by molar-refractivity contribution is 6.07. The summed E-state index contributed by atoms with van der Waals surface area (Å²) in [4.78, 5) is 45.4. The zero-order valence-electron chi connectivity index (χ0n) is 18.7. The third kappa shape index (κ3) is 4.16. The molecule has 2 aliphatic rings. The molecule has 3 amide bonds. The fourth-order valence-corrected chi connectivity index (χ4v) is 4.68. The summed E-state index contributed by atoms with van der Waals surface area (Å²) in [6.45, 7) is 4.83. The van der Waals surface area contributed by atoms with Crippen molar-refractivity contribution in [3.8, 4) is 0 Å². The molecule has 1 aliphatic heterocycles. The molecule has 0 saturated heterocycles. The summed E-state index contributed by atoms with van der Waals surface area (Å²) < 4.78 is 6.92. The van der Waals surface area contributed by atoms with Crippen LogP contribution in [-0.2, 0) is 17.8 Å². The molecule has 0 aromatic carbocycles. The number of nitrogens with zero attached hydrogens (tertiary/aromatic N) is 3. The fourth-order valence-electron chi connectivity index (χ4n) is 4.68. The standard InChI is InChI=1S/C23H31N5O4/c1-3-12-28-21(30)19-18(20(29)24-11-10-17-9-6-13-32-17)25-15-27(19)14-23(28,2)22(31)26-16-7-4-5-8-16/h6,9,13,15-16H,3-5,7-8,10-12,14H2,1-2H3,(H,24,29)(H,26,31)/t23-/m0/s1. The predicted octanol–water partition coefficient (Wildman–Crippen LogP) is 2.13. The van der Waals surface area contributed by atoms with Crippen molar-refractivity contribution in [3.05, 3.63) is 41.9 Å². The number of carbonyl (C=O) groups is 3. The largest absolute Gasteiger partial charge is 0.469 e. The highest BCUT2D eigenvalue weighted by atomic mass is 16.3. The predicted molar refractivity (Wildman–Crippen MR) is 117 cm³/mol. The SMILES string of the molecule is CCCN1C(=O)c2c(C(=O)NCCc3ccco3)ncn2C[C@@]1(C)C(=O)NC1CCCC1. The van der Waals surface area contributed by atoms with E-state index in [-0.39, 0.29) is 35.8 Å². The van der Waals surface area contributed by atoms with Gasteiger partial charge >= 0.3 is 0 Å². The Balaban J connectivity index is 1.53. The van der Waals surface area contributed by atoms with Crippen LogP contribution in [0.5, 0.6) is 0 Å². The van der Waals surface area contributed by atoms with Crippen molar-refractivity contribution in [1.82, 2.24) is 25.1 Å². The van der Waals surface area contributed by atoms with Gasteiger partial charge in [0.1, 0.15) is 17.0 Å². The van der Waals surface area contributed by atoms with Gasteiger partial charge in [-0.1, -0.05) is 19.8 Å². The molecule has 32 heavy (non-hydrogen) atoms. The van der Waals surface area contributed by atoms with Crippen molar-refractivity contribution in [3.63, 3.8) is 0 Å². The number of rotatable bonds is 8. The molecule has 1 aliphatic carbocycles. The van der Waals surface area contributed by atoms with Gasteiger partial charge in [-0.2, -0.15) is 0 Å². The van der Waals surface area contributed by atoms with E-state index in [9.17, 15) is 14.4 Å². The topological polar surface area (TPSA) is 109 Å². The van der Waals surface area contributed by atoms with Crippen LogP contribution in [0.3, 0.4) is 0 Å². The molecule has 172 valence electrons. The second-order valence-electron chi connectivity index (χ2n) is 8.84. The van der Waals surface area contributed by atoms with Crippen LogP contribution in [0.1, 0.15) is 72.7 Å². The minimum absolute atomic E-state index is 0.0915. The number of furan rings is 1. The Morgan fingerprint density at radius 3 is 2.78 bits per heavy atom. The Labute approximate surface area is 187 Å². The minimum Gasteiger partial charge on any atom is -0.469 e. The molecule has 1 atom stereocenters. The average Bonchev–Trinajstić information content (AvgIpc) is 3.53. The maximum atomic E-state index is 13.5. The lowest BCUT2D eigenvalue weighted by Gasteiger charge is -2.44. The van der Waals surface area contributed by atoms with Crippen molar-refractivity contribution in [2.75, 3.05) is 13.1 Å². The third-order valence-corrected chi connectivity index (χ3v) is 6.44. The number of imidazole rings is 1. The Morgan fingerprint density at radius 1 is 1.31 bits per heavy atom. The Hall–Kier alpha value is -3.10. The van der Waals surface area contributed by atoms with Crippen molar-refractivity contribution in [2.45, 2.75) is 70.5 Å². The summed E-state index contributed by atoms with van der Waals surface area (Å²) in [5.74, 6) is -0.119. The molecule has 9 nitrogen and oxygen atoms in total. The van der Waals surface area contributed by atoms with E-state index in [4.69, 9.17) is 4.42 Å². The number of carbonyl (C=O) groups excluding carboxylic acids is 3. The molecule has 2 aromatic heterocycles. The quantitative estimate of drug-likeness (QED) is 0.652. The van der Waals surface area contributed by atoms with Gasteiger partial charge in [0.25, 0.3) is 11.8 Å². The van der Waals surface area contributed by atoms with Crippen LogP contribution in [0.2, 0.25) is 0 Å². The first kappa shape index (κ1) is 22.1. The first-order valence-corrected chi connectivity index (χ1v) is 11.4. The van der Waals surface area contributed by atoms with Crippen molar-refractivity contribution < 1.29 is 18.8 Å². The van der Waals surface area contributed by atoms with Gasteiger partial charge < -0.3 is 24.5 Å². The summed E-state index contributed by atoms with van der Waals surface area (Å²) in [6.07, 6.45) is 8.50. The molecule has 3 heterocycles. The lowest BCUT2D eigenvalue weighted by Crippen LogP contribution is -2.65. The molecule has 0 bridgehead atoms. The van der Waals surface area contributed by atoms with Crippen molar-refractivity contribution >= 4 is 17.7 Å². The van der Waals surface area contributed by atoms with Gasteiger partial charge in [-0.15, -0.1) is 0 Å². The van der Waals surface area contributed by atoms with Crippen LogP contribution in [0, 0.1) is 0 Å². The third-order valence-electron chi connectivity index (χ3n) is 6.44. The molecule has 0 unspecified atom stereocenters. The van der Waals surface area contributed by atoms with E-state index in [1.165, 1.54) is 6.33 Å². The first-order chi connectivity index (χ1) is 15.4. The molecule has 2 N–H and O–H groups in total. The van der Waals surface area contributed by atoms with Gasteiger partial charge in [0.05, 0.1) is 19.1 Å². The van der Waals surface area contributed by atoms with Gasteiger partial charge in [0.15, 0.2) is 5.69 Å². The van der Waals surface area contributed by atoms with E-state index in [0.717, 1.165) is 31.4 Å². The molecule has 0 spiro atoms. The van der Waals surface area contributed by atoms with Crippen molar-refractivity contribution in [2.24, 2.45) is 0 Å². The lowest BCUT2D eigenvalue weighted by molar-refractivity contribution is -0.133. The summed E-state index contributed by atoms with van der Waals surface area (Å²) in [5.41, 5.74) is -0.704. The van der Waals surface area contributed by atoms with E-state index in [1.54, 1.807) is 28.7 Å². The van der Waals surface area contributed by atoms with Crippen LogP contribution in [0.25, 0.3) is 0 Å². The van der Waals surface area contributed by atoms with Crippen LogP contribution < -0.4 is 10.6 Å². The molecule has 1 saturated carbocycles. The smallest absolute Gasteiger partial charge is 0.273 e. The van der Waals surface area contributed by atoms with Gasteiger partial charge in [0.2, 0.25) is 5.91 Å². The monoisotopic (exact) mass is 441 g/mol. The zero-order chi connectivity index (χ0) is 22.7. The lowest BCUT2D eigenvalue weighted by atomic mass is 9.93. The van der Waals surface area contributed by atoms with Crippen LogP contribution >= 0.6 is 0 Å². The number of hydrogen-bond donors (Lipinski definition) is 2. The van der Waals surface area contributed by atoms with Gasteiger partial charge in [-0.25, -0.2) is 4.98 Å². The summed E-state index contributed by atoms with van der Waals surface area (Å²) in [7, 11) is 0. The highest BCUT2D eigenvalue weighted by Crippen LogP contribution is 2.30. The number of amides is 3. The Kier molecular flexibility index (Phi) is 6.34. The fraction of sp³-hybridized carbons (Fsp3) is 0.565. The zero-order valence-corrected chi connectivity index (χ0v) is 18.7. The summed E-state index contributed by atoms with van der Waals surface area (Å²) in [5, 5.41) is 5.95. The molecule has 2 aromatic rings.